The van der Waals surface area contributed by atoms with E-state index in [0.717, 1.165) is 25.7 Å². The van der Waals surface area contributed by atoms with E-state index in [1.54, 1.807) is 0 Å². The van der Waals surface area contributed by atoms with Gasteiger partial charge in [-0.25, -0.2) is 4.57 Å². The van der Waals surface area contributed by atoms with Crippen LogP contribution in [0.1, 0.15) is 119 Å². The molecule has 0 rings (SSSR count). The van der Waals surface area contributed by atoms with Gasteiger partial charge in [0.05, 0.1) is 39.4 Å². The average Bonchev–Trinajstić information content (AvgIpc) is 2.73. The number of hydrogen-bond acceptors (Lipinski definition) is 3. The summed E-state index contributed by atoms with van der Waals surface area (Å²) in [6.07, 6.45) is 14.5. The van der Waals surface area contributed by atoms with Crippen molar-refractivity contribution in [3.63, 3.8) is 0 Å². The minimum Gasteiger partial charge on any atom is -0.324 e. The van der Waals surface area contributed by atoms with Crippen molar-refractivity contribution in [2.45, 2.75) is 119 Å². The van der Waals surface area contributed by atoms with Gasteiger partial charge in [0.25, 0.3) is 0 Å². The Labute approximate surface area is 189 Å². The van der Waals surface area contributed by atoms with Crippen molar-refractivity contribution in [1.82, 2.24) is 0 Å². The Morgan fingerprint density at radius 3 is 1.07 bits per heavy atom. The number of phosphoric ester groups is 1. The molecule has 0 saturated carbocycles. The van der Waals surface area contributed by atoms with Gasteiger partial charge in [-0.1, -0.05) is 80.1 Å². The van der Waals surface area contributed by atoms with Crippen LogP contribution in [0.5, 0.6) is 0 Å². The molecule has 0 unspecified atom stereocenters. The van der Waals surface area contributed by atoms with Crippen molar-refractivity contribution in [3.05, 3.63) is 0 Å². The summed E-state index contributed by atoms with van der Waals surface area (Å²) >= 11 is 0. The SMILES string of the molecule is CCCCOP(=O)(O)OCCCC.CCCC[N+](CCCC)(CCCC)CCCC. The number of hydrogen-bond donors (Lipinski definition) is 1. The van der Waals surface area contributed by atoms with Crippen molar-refractivity contribution in [1.29, 1.82) is 0 Å². The van der Waals surface area contributed by atoms with E-state index in [9.17, 15) is 4.57 Å². The maximum Gasteiger partial charge on any atom is 0.472 e. The third-order valence-electron chi connectivity index (χ3n) is 5.45. The summed E-state index contributed by atoms with van der Waals surface area (Å²) in [7, 11) is -3.75. The normalized spacial score (nSPS) is 12.0. The van der Waals surface area contributed by atoms with Gasteiger partial charge in [0.15, 0.2) is 0 Å². The Morgan fingerprint density at radius 1 is 0.567 bits per heavy atom. The highest BCUT2D eigenvalue weighted by Gasteiger charge is 2.24. The van der Waals surface area contributed by atoms with Crippen molar-refractivity contribution >= 4 is 7.82 Å². The van der Waals surface area contributed by atoms with E-state index in [1.807, 2.05) is 13.8 Å². The number of nitrogens with zero attached hydrogens (tertiary/aromatic N) is 1. The number of phosphoric acid groups is 1. The first kappa shape index (κ1) is 32.3. The molecule has 0 bridgehead atoms. The molecule has 6 heteroatoms. The molecule has 5 nitrogen and oxygen atoms in total. The number of unbranched alkanes of at least 4 members (excludes halogenated alkanes) is 6. The van der Waals surface area contributed by atoms with E-state index < -0.39 is 7.82 Å². The molecule has 1 N–H and O–H groups in total. The molecule has 0 heterocycles. The van der Waals surface area contributed by atoms with Crippen LogP contribution in [-0.2, 0) is 13.6 Å². The maximum atomic E-state index is 11.1. The lowest BCUT2D eigenvalue weighted by Crippen LogP contribution is -2.50. The smallest absolute Gasteiger partial charge is 0.324 e. The summed E-state index contributed by atoms with van der Waals surface area (Å²) in [5.41, 5.74) is 0. The summed E-state index contributed by atoms with van der Waals surface area (Å²) in [5, 5.41) is 0. The standard InChI is InChI=1S/C16H36N.C8H19O4P/c1-5-9-13-17(14-10-6-2,15-11-7-3)16-12-8-4;1-3-5-7-11-13(9,10)12-8-6-4-2/h5-16H2,1-4H3;3-8H2,1-2H3,(H,9,10)/q+1;. The molecule has 0 aliphatic rings. The topological polar surface area (TPSA) is 55.8 Å². The van der Waals surface area contributed by atoms with Crippen LogP contribution in [0.15, 0.2) is 0 Å². The highest BCUT2D eigenvalue weighted by Crippen LogP contribution is 2.43. The molecule has 0 aromatic heterocycles. The van der Waals surface area contributed by atoms with Crippen molar-refractivity contribution < 1.29 is 23.0 Å². The van der Waals surface area contributed by atoms with Gasteiger partial charge in [-0.15, -0.1) is 0 Å². The predicted molar refractivity (Wildman–Crippen MR) is 131 cm³/mol. The predicted octanol–water partition coefficient (Wildman–Crippen LogP) is 7.72. The fourth-order valence-electron chi connectivity index (χ4n) is 3.33. The lowest BCUT2D eigenvalue weighted by molar-refractivity contribution is -0.929. The Bertz CT molecular complexity index is 342. The summed E-state index contributed by atoms with van der Waals surface area (Å²) in [6.45, 7) is 19.6. The van der Waals surface area contributed by atoms with Crippen LogP contribution in [-0.4, -0.2) is 48.8 Å². The molecule has 0 fully saturated rings. The summed E-state index contributed by atoms with van der Waals surface area (Å²) in [5.74, 6) is 0. The van der Waals surface area contributed by atoms with Crippen LogP contribution in [0, 0.1) is 0 Å². The van der Waals surface area contributed by atoms with Crippen LogP contribution in [0.4, 0.5) is 0 Å². The van der Waals surface area contributed by atoms with Gasteiger partial charge in [0, 0.05) is 0 Å². The van der Waals surface area contributed by atoms with Gasteiger partial charge in [-0.2, -0.15) is 0 Å². The van der Waals surface area contributed by atoms with E-state index in [-0.39, 0.29) is 13.2 Å². The first-order valence-corrected chi connectivity index (χ1v) is 14.3. The number of rotatable bonds is 20. The molecule has 0 saturated heterocycles. The van der Waals surface area contributed by atoms with Gasteiger partial charge in [-0.3, -0.25) is 9.05 Å². The summed E-state index contributed by atoms with van der Waals surface area (Å²) < 4.78 is 21.9. The number of quaternary nitrogens is 1. The van der Waals surface area contributed by atoms with Crippen molar-refractivity contribution in [2.24, 2.45) is 0 Å². The third kappa shape index (κ3) is 20.0. The van der Waals surface area contributed by atoms with E-state index in [0.29, 0.717) is 0 Å². The van der Waals surface area contributed by atoms with Gasteiger partial charge in [0.1, 0.15) is 0 Å². The molecule has 0 aromatic rings. The Hall–Kier alpha value is 0.0700. The van der Waals surface area contributed by atoms with Gasteiger partial charge in [0.2, 0.25) is 0 Å². The molecule has 0 aliphatic heterocycles. The molecular formula is C24H55NO4P+. The summed E-state index contributed by atoms with van der Waals surface area (Å²) in [4.78, 5) is 9.08. The Kier molecular flexibility index (Phi) is 23.9. The summed E-state index contributed by atoms with van der Waals surface area (Å²) in [6, 6.07) is 0. The lowest BCUT2D eigenvalue weighted by atomic mass is 10.1. The van der Waals surface area contributed by atoms with E-state index in [2.05, 4.69) is 27.7 Å². The quantitative estimate of drug-likeness (QED) is 0.117. The van der Waals surface area contributed by atoms with Crippen molar-refractivity contribution in [3.8, 4) is 0 Å². The Balaban J connectivity index is 0. The minimum absolute atomic E-state index is 0.288. The van der Waals surface area contributed by atoms with Crippen LogP contribution >= 0.6 is 7.82 Å². The minimum atomic E-state index is -3.75. The zero-order valence-corrected chi connectivity index (χ0v) is 22.2. The van der Waals surface area contributed by atoms with Crippen LogP contribution in [0.2, 0.25) is 0 Å². The molecule has 184 valence electrons. The second kappa shape index (κ2) is 22.3. The van der Waals surface area contributed by atoms with Gasteiger partial charge < -0.3 is 9.38 Å². The van der Waals surface area contributed by atoms with E-state index >= 15 is 0 Å². The van der Waals surface area contributed by atoms with E-state index in [4.69, 9.17) is 13.9 Å². The van der Waals surface area contributed by atoms with Crippen molar-refractivity contribution in [2.75, 3.05) is 39.4 Å². The zero-order valence-electron chi connectivity index (χ0n) is 21.3. The second-order valence-corrected chi connectivity index (χ2v) is 9.95. The molecule has 0 atom stereocenters. The first-order chi connectivity index (χ1) is 14.4. The molecule has 0 spiro atoms. The first-order valence-electron chi connectivity index (χ1n) is 12.8. The van der Waals surface area contributed by atoms with Crippen LogP contribution in [0.25, 0.3) is 0 Å². The third-order valence-corrected chi connectivity index (χ3v) is 6.47. The molecule has 0 aliphatic carbocycles. The highest BCUT2D eigenvalue weighted by molar-refractivity contribution is 7.47. The Morgan fingerprint density at radius 2 is 0.833 bits per heavy atom. The second-order valence-electron chi connectivity index (χ2n) is 8.49. The molecule has 30 heavy (non-hydrogen) atoms. The lowest BCUT2D eigenvalue weighted by Gasteiger charge is -2.39. The molecule has 0 radical (unpaired) electrons. The maximum absolute atomic E-state index is 11.1. The fraction of sp³-hybridized carbons (Fsp3) is 1.00. The van der Waals surface area contributed by atoms with Gasteiger partial charge in [-0.05, 0) is 38.5 Å². The molecule has 0 aromatic carbocycles. The largest absolute Gasteiger partial charge is 0.472 e. The monoisotopic (exact) mass is 452 g/mol. The fourth-order valence-corrected chi connectivity index (χ4v) is 4.12. The van der Waals surface area contributed by atoms with Crippen LogP contribution < -0.4 is 0 Å². The van der Waals surface area contributed by atoms with Crippen LogP contribution in [0.3, 0.4) is 0 Å². The average molecular weight is 453 g/mol. The highest BCUT2D eigenvalue weighted by atomic mass is 31.2. The van der Waals surface area contributed by atoms with Gasteiger partial charge >= 0.3 is 7.82 Å². The zero-order chi connectivity index (χ0) is 23.1. The molecule has 0 amide bonds. The van der Waals surface area contributed by atoms with E-state index in [1.165, 1.54) is 82.0 Å². The molecular weight excluding hydrogens is 397 g/mol.